The van der Waals surface area contributed by atoms with Gasteiger partial charge in [0.1, 0.15) is 0 Å². The average molecular weight is 278 g/mol. The molecule has 0 amide bonds. The first-order valence-corrected chi connectivity index (χ1v) is 6.86. The van der Waals surface area contributed by atoms with Crippen LogP contribution in [-0.2, 0) is 9.53 Å². The second-order valence-electron chi connectivity index (χ2n) is 5.69. The van der Waals surface area contributed by atoms with Gasteiger partial charge in [0, 0.05) is 45.1 Å². The minimum Gasteiger partial charge on any atom is -0.469 e. The molecular formula is C14H22N4O2. The van der Waals surface area contributed by atoms with Crippen molar-refractivity contribution in [3.8, 4) is 0 Å². The number of carbonyl (C=O) groups is 1. The molecule has 0 aromatic carbocycles. The van der Waals surface area contributed by atoms with E-state index in [1.54, 1.807) is 12.4 Å². The standard InChI is InChI=1S/C14H22N4O2/c1-14(2,12(19)20-3)11-17-7-9-18(10-8-17)13-15-5-4-6-16-13/h4-6H,7-11H2,1-3H3. The summed E-state index contributed by atoms with van der Waals surface area (Å²) in [5.74, 6) is 0.616. The molecule has 1 aromatic rings. The van der Waals surface area contributed by atoms with Crippen LogP contribution >= 0.6 is 0 Å². The summed E-state index contributed by atoms with van der Waals surface area (Å²) in [7, 11) is 1.44. The fraction of sp³-hybridized carbons (Fsp3) is 0.643. The Balaban J connectivity index is 1.87. The predicted octanol–water partition coefficient (Wildman–Crippen LogP) is 0.798. The second kappa shape index (κ2) is 6.17. The highest BCUT2D eigenvalue weighted by Crippen LogP contribution is 2.20. The number of aromatic nitrogens is 2. The monoisotopic (exact) mass is 278 g/mol. The fourth-order valence-electron chi connectivity index (χ4n) is 2.46. The van der Waals surface area contributed by atoms with Gasteiger partial charge in [0.05, 0.1) is 12.5 Å². The van der Waals surface area contributed by atoms with E-state index in [-0.39, 0.29) is 5.97 Å². The molecule has 0 unspecified atom stereocenters. The summed E-state index contributed by atoms with van der Waals surface area (Å²) in [5, 5.41) is 0. The molecule has 6 nitrogen and oxygen atoms in total. The highest BCUT2D eigenvalue weighted by atomic mass is 16.5. The van der Waals surface area contributed by atoms with Crippen molar-refractivity contribution in [3.05, 3.63) is 18.5 Å². The van der Waals surface area contributed by atoms with Crippen molar-refractivity contribution in [2.45, 2.75) is 13.8 Å². The Bertz CT molecular complexity index is 442. The van der Waals surface area contributed by atoms with Crippen LogP contribution in [0.4, 0.5) is 5.95 Å². The average Bonchev–Trinajstić information content (AvgIpc) is 2.47. The molecule has 20 heavy (non-hydrogen) atoms. The Morgan fingerprint density at radius 1 is 1.25 bits per heavy atom. The lowest BCUT2D eigenvalue weighted by atomic mass is 9.92. The summed E-state index contributed by atoms with van der Waals surface area (Å²) < 4.78 is 4.85. The summed E-state index contributed by atoms with van der Waals surface area (Å²) in [4.78, 5) is 24.7. The van der Waals surface area contributed by atoms with Gasteiger partial charge in [0.2, 0.25) is 5.95 Å². The molecule has 2 rings (SSSR count). The van der Waals surface area contributed by atoms with Gasteiger partial charge in [-0.2, -0.15) is 0 Å². The zero-order chi connectivity index (χ0) is 14.6. The second-order valence-corrected chi connectivity index (χ2v) is 5.69. The Kier molecular flexibility index (Phi) is 4.54. The number of esters is 1. The summed E-state index contributed by atoms with van der Waals surface area (Å²) in [6, 6.07) is 1.82. The number of rotatable bonds is 4. The lowest BCUT2D eigenvalue weighted by Gasteiger charge is -2.37. The van der Waals surface area contributed by atoms with Gasteiger partial charge in [-0.05, 0) is 19.9 Å². The topological polar surface area (TPSA) is 58.6 Å². The normalized spacial score (nSPS) is 17.1. The van der Waals surface area contributed by atoms with Crippen molar-refractivity contribution in [3.63, 3.8) is 0 Å². The number of hydrogen-bond acceptors (Lipinski definition) is 6. The van der Waals surface area contributed by atoms with E-state index in [9.17, 15) is 4.79 Å². The number of ether oxygens (including phenoxy) is 1. The number of piperazine rings is 1. The molecule has 0 radical (unpaired) electrons. The molecule has 0 N–H and O–H groups in total. The molecule has 110 valence electrons. The van der Waals surface area contributed by atoms with E-state index < -0.39 is 5.41 Å². The first kappa shape index (κ1) is 14.7. The summed E-state index contributed by atoms with van der Waals surface area (Å²) >= 11 is 0. The van der Waals surface area contributed by atoms with Gasteiger partial charge in [-0.3, -0.25) is 9.69 Å². The maximum absolute atomic E-state index is 11.7. The third kappa shape index (κ3) is 3.45. The predicted molar refractivity (Wildman–Crippen MR) is 76.5 cm³/mol. The van der Waals surface area contributed by atoms with Crippen LogP contribution in [0, 0.1) is 5.41 Å². The molecule has 6 heteroatoms. The van der Waals surface area contributed by atoms with E-state index in [0.29, 0.717) is 6.54 Å². The van der Waals surface area contributed by atoms with Crippen LogP contribution < -0.4 is 4.90 Å². The zero-order valence-electron chi connectivity index (χ0n) is 12.4. The van der Waals surface area contributed by atoms with Crippen molar-refractivity contribution in [2.24, 2.45) is 5.41 Å². The van der Waals surface area contributed by atoms with E-state index in [1.165, 1.54) is 7.11 Å². The fourth-order valence-corrected chi connectivity index (χ4v) is 2.46. The molecule has 1 saturated heterocycles. The number of anilines is 1. The SMILES string of the molecule is COC(=O)C(C)(C)CN1CCN(c2ncccn2)CC1. The molecular weight excluding hydrogens is 256 g/mol. The lowest BCUT2D eigenvalue weighted by Crippen LogP contribution is -2.50. The van der Waals surface area contributed by atoms with Crippen LogP contribution in [0.2, 0.25) is 0 Å². The van der Waals surface area contributed by atoms with E-state index in [0.717, 1.165) is 32.1 Å². The van der Waals surface area contributed by atoms with Crippen LogP contribution in [0.5, 0.6) is 0 Å². The molecule has 0 atom stereocenters. The Morgan fingerprint density at radius 3 is 2.40 bits per heavy atom. The Morgan fingerprint density at radius 2 is 1.85 bits per heavy atom. The summed E-state index contributed by atoms with van der Waals surface area (Å²) in [5.41, 5.74) is -0.472. The Hall–Kier alpha value is -1.69. The number of carbonyl (C=O) groups excluding carboxylic acids is 1. The van der Waals surface area contributed by atoms with E-state index >= 15 is 0 Å². The van der Waals surface area contributed by atoms with Gasteiger partial charge in [-0.1, -0.05) is 0 Å². The third-order valence-electron chi connectivity index (χ3n) is 3.56. The molecule has 1 fully saturated rings. The molecule has 2 heterocycles. The zero-order valence-corrected chi connectivity index (χ0v) is 12.4. The van der Waals surface area contributed by atoms with E-state index in [1.807, 2.05) is 19.9 Å². The molecule has 0 spiro atoms. The molecule has 1 aliphatic heterocycles. The molecule has 0 aliphatic carbocycles. The number of nitrogens with zero attached hydrogens (tertiary/aromatic N) is 4. The molecule has 0 bridgehead atoms. The van der Waals surface area contributed by atoms with Crippen molar-refractivity contribution in [1.29, 1.82) is 0 Å². The van der Waals surface area contributed by atoms with Crippen LogP contribution in [0.3, 0.4) is 0 Å². The van der Waals surface area contributed by atoms with Crippen LogP contribution in [-0.4, -0.2) is 60.7 Å². The summed E-state index contributed by atoms with van der Waals surface area (Å²) in [6.07, 6.45) is 3.52. The lowest BCUT2D eigenvalue weighted by molar-refractivity contribution is -0.151. The van der Waals surface area contributed by atoms with Crippen molar-refractivity contribution in [1.82, 2.24) is 14.9 Å². The van der Waals surface area contributed by atoms with Gasteiger partial charge >= 0.3 is 5.97 Å². The smallest absolute Gasteiger partial charge is 0.312 e. The van der Waals surface area contributed by atoms with Crippen molar-refractivity contribution >= 4 is 11.9 Å². The maximum atomic E-state index is 11.7. The van der Waals surface area contributed by atoms with Crippen LogP contribution in [0.1, 0.15) is 13.8 Å². The maximum Gasteiger partial charge on any atom is 0.312 e. The highest BCUT2D eigenvalue weighted by molar-refractivity contribution is 5.76. The highest BCUT2D eigenvalue weighted by Gasteiger charge is 2.32. The minimum atomic E-state index is -0.472. The molecule has 0 saturated carbocycles. The van der Waals surface area contributed by atoms with Crippen LogP contribution in [0.15, 0.2) is 18.5 Å². The minimum absolute atomic E-state index is 0.161. The largest absolute Gasteiger partial charge is 0.469 e. The van der Waals surface area contributed by atoms with Gasteiger partial charge < -0.3 is 9.64 Å². The van der Waals surface area contributed by atoms with Crippen molar-refractivity contribution in [2.75, 3.05) is 44.7 Å². The first-order valence-electron chi connectivity index (χ1n) is 6.86. The van der Waals surface area contributed by atoms with Gasteiger partial charge in [0.15, 0.2) is 0 Å². The first-order chi connectivity index (χ1) is 9.53. The van der Waals surface area contributed by atoms with E-state index in [4.69, 9.17) is 4.74 Å². The van der Waals surface area contributed by atoms with Crippen LogP contribution in [0.25, 0.3) is 0 Å². The molecule has 1 aromatic heterocycles. The summed E-state index contributed by atoms with van der Waals surface area (Å²) in [6.45, 7) is 8.11. The van der Waals surface area contributed by atoms with Gasteiger partial charge in [0.25, 0.3) is 0 Å². The van der Waals surface area contributed by atoms with Gasteiger partial charge in [-0.25, -0.2) is 9.97 Å². The van der Waals surface area contributed by atoms with Gasteiger partial charge in [-0.15, -0.1) is 0 Å². The van der Waals surface area contributed by atoms with E-state index in [2.05, 4.69) is 19.8 Å². The van der Waals surface area contributed by atoms with Crippen molar-refractivity contribution < 1.29 is 9.53 Å². The molecule has 1 aliphatic rings. The third-order valence-corrected chi connectivity index (χ3v) is 3.56. The number of methoxy groups -OCH3 is 1. The quantitative estimate of drug-likeness (QED) is 0.759. The number of hydrogen-bond donors (Lipinski definition) is 0. The Labute approximate surface area is 119 Å².